The number of rotatable bonds is 2. The van der Waals surface area contributed by atoms with E-state index in [9.17, 15) is 9.59 Å². The van der Waals surface area contributed by atoms with Crippen LogP contribution in [0, 0.1) is 0 Å². The molecule has 0 saturated heterocycles. The number of nitrogens with zero attached hydrogens (tertiary/aromatic N) is 1. The van der Waals surface area contributed by atoms with E-state index in [1.807, 2.05) is 0 Å². The van der Waals surface area contributed by atoms with Gasteiger partial charge in [-0.25, -0.2) is 4.79 Å². The average molecular weight is 261 g/mol. The summed E-state index contributed by atoms with van der Waals surface area (Å²) < 4.78 is 5.15. The molecule has 0 unspecified atom stereocenters. The van der Waals surface area contributed by atoms with E-state index in [1.165, 1.54) is 0 Å². The Labute approximate surface area is 110 Å². The number of carbonyl (C=O) groups is 2. The minimum Gasteiger partial charge on any atom is -0.444 e. The first-order chi connectivity index (χ1) is 8.89. The Morgan fingerprint density at radius 2 is 2.16 bits per heavy atom. The molecule has 1 heterocycles. The van der Waals surface area contributed by atoms with Crippen molar-refractivity contribution in [2.75, 3.05) is 5.32 Å². The van der Waals surface area contributed by atoms with Gasteiger partial charge in [0.25, 0.3) is 0 Å². The molecule has 6 nitrogen and oxygen atoms in total. The SMILES string of the molecule is CC(C)(C)OC(=O)Nc1ccc2c(C=O)[nH]nc2c1. The van der Waals surface area contributed by atoms with Crippen LogP contribution in [-0.2, 0) is 4.74 Å². The highest BCUT2D eigenvalue weighted by molar-refractivity contribution is 5.97. The van der Waals surface area contributed by atoms with Crippen LogP contribution in [0.5, 0.6) is 0 Å². The number of ether oxygens (including phenoxy) is 1. The van der Waals surface area contributed by atoms with Gasteiger partial charge in [0.05, 0.1) is 5.52 Å². The van der Waals surface area contributed by atoms with Crippen LogP contribution in [0.3, 0.4) is 0 Å². The number of H-pyrrole nitrogens is 1. The fourth-order valence-corrected chi connectivity index (χ4v) is 1.62. The lowest BCUT2D eigenvalue weighted by Crippen LogP contribution is -2.27. The van der Waals surface area contributed by atoms with Crippen LogP contribution in [0.2, 0.25) is 0 Å². The molecule has 1 amide bonds. The number of anilines is 1. The molecular formula is C13H15N3O3. The number of carbonyl (C=O) groups excluding carboxylic acids is 2. The van der Waals surface area contributed by atoms with Crippen LogP contribution in [0.4, 0.5) is 10.5 Å². The molecule has 0 saturated carbocycles. The Bertz CT molecular complexity index is 626. The van der Waals surface area contributed by atoms with Gasteiger partial charge in [0.1, 0.15) is 11.3 Å². The summed E-state index contributed by atoms with van der Waals surface area (Å²) >= 11 is 0. The third-order valence-electron chi connectivity index (χ3n) is 2.35. The van der Waals surface area contributed by atoms with Crippen molar-refractivity contribution < 1.29 is 14.3 Å². The maximum Gasteiger partial charge on any atom is 0.412 e. The fourth-order valence-electron chi connectivity index (χ4n) is 1.62. The van der Waals surface area contributed by atoms with Crippen molar-refractivity contribution in [1.82, 2.24) is 10.2 Å². The van der Waals surface area contributed by atoms with Crippen molar-refractivity contribution in [3.8, 4) is 0 Å². The molecule has 2 rings (SSSR count). The second kappa shape index (κ2) is 4.72. The van der Waals surface area contributed by atoms with Crippen molar-refractivity contribution in [1.29, 1.82) is 0 Å². The monoisotopic (exact) mass is 261 g/mol. The highest BCUT2D eigenvalue weighted by atomic mass is 16.6. The lowest BCUT2D eigenvalue weighted by atomic mass is 10.2. The first kappa shape index (κ1) is 13.1. The number of nitrogens with one attached hydrogen (secondary N) is 2. The topological polar surface area (TPSA) is 84.1 Å². The van der Waals surface area contributed by atoms with Crippen LogP contribution >= 0.6 is 0 Å². The van der Waals surface area contributed by atoms with E-state index in [2.05, 4.69) is 15.5 Å². The van der Waals surface area contributed by atoms with Crippen LogP contribution in [-0.4, -0.2) is 28.2 Å². The summed E-state index contributed by atoms with van der Waals surface area (Å²) in [6.07, 6.45) is 0.175. The van der Waals surface area contributed by atoms with Crippen molar-refractivity contribution in [2.45, 2.75) is 26.4 Å². The number of aldehydes is 1. The first-order valence-electron chi connectivity index (χ1n) is 5.82. The number of fused-ring (bicyclic) bond motifs is 1. The van der Waals surface area contributed by atoms with E-state index >= 15 is 0 Å². The summed E-state index contributed by atoms with van der Waals surface area (Å²) in [5.74, 6) is 0. The maximum atomic E-state index is 11.6. The van der Waals surface area contributed by atoms with E-state index in [1.54, 1.807) is 39.0 Å². The Morgan fingerprint density at radius 3 is 2.79 bits per heavy atom. The van der Waals surface area contributed by atoms with Crippen molar-refractivity contribution >= 4 is 29.0 Å². The van der Waals surface area contributed by atoms with Gasteiger partial charge in [-0.3, -0.25) is 15.2 Å². The molecule has 1 aromatic heterocycles. The maximum absolute atomic E-state index is 11.6. The zero-order valence-electron chi connectivity index (χ0n) is 11.0. The Morgan fingerprint density at radius 1 is 1.42 bits per heavy atom. The smallest absolute Gasteiger partial charge is 0.412 e. The number of hydrogen-bond acceptors (Lipinski definition) is 4. The highest BCUT2D eigenvalue weighted by Crippen LogP contribution is 2.20. The van der Waals surface area contributed by atoms with Gasteiger partial charge in [-0.2, -0.15) is 5.10 Å². The summed E-state index contributed by atoms with van der Waals surface area (Å²) in [5, 5.41) is 9.93. The molecular weight excluding hydrogens is 246 g/mol. The minimum atomic E-state index is -0.550. The van der Waals surface area contributed by atoms with Gasteiger partial charge >= 0.3 is 6.09 Å². The Hall–Kier alpha value is -2.37. The molecule has 2 aromatic rings. The molecule has 0 aliphatic heterocycles. The number of aromatic nitrogens is 2. The third-order valence-corrected chi connectivity index (χ3v) is 2.35. The van der Waals surface area contributed by atoms with E-state index in [4.69, 9.17) is 4.74 Å². The zero-order valence-corrected chi connectivity index (χ0v) is 11.0. The molecule has 100 valence electrons. The molecule has 0 aliphatic carbocycles. The van der Waals surface area contributed by atoms with Gasteiger partial charge in [0, 0.05) is 11.1 Å². The van der Waals surface area contributed by atoms with E-state index < -0.39 is 11.7 Å². The molecule has 2 N–H and O–H groups in total. The second-order valence-electron chi connectivity index (χ2n) is 5.11. The van der Waals surface area contributed by atoms with Gasteiger partial charge in [-0.15, -0.1) is 0 Å². The lowest BCUT2D eigenvalue weighted by Gasteiger charge is -2.19. The summed E-state index contributed by atoms with van der Waals surface area (Å²) in [5.41, 5.74) is 1.03. The summed E-state index contributed by atoms with van der Waals surface area (Å²) in [6.45, 7) is 5.37. The van der Waals surface area contributed by atoms with E-state index in [0.717, 1.165) is 0 Å². The molecule has 0 atom stereocenters. The van der Waals surface area contributed by atoms with Crippen molar-refractivity contribution in [2.24, 2.45) is 0 Å². The van der Waals surface area contributed by atoms with Crippen LogP contribution < -0.4 is 5.32 Å². The molecule has 0 aliphatic rings. The number of aromatic amines is 1. The predicted molar refractivity (Wildman–Crippen MR) is 71.3 cm³/mol. The summed E-state index contributed by atoms with van der Waals surface area (Å²) in [7, 11) is 0. The largest absolute Gasteiger partial charge is 0.444 e. The van der Waals surface area contributed by atoms with Gasteiger partial charge in [-0.05, 0) is 39.0 Å². The molecule has 0 spiro atoms. The lowest BCUT2D eigenvalue weighted by molar-refractivity contribution is 0.0636. The van der Waals surface area contributed by atoms with Crippen LogP contribution in [0.15, 0.2) is 18.2 Å². The van der Waals surface area contributed by atoms with Crippen molar-refractivity contribution in [3.05, 3.63) is 23.9 Å². The van der Waals surface area contributed by atoms with Crippen molar-refractivity contribution in [3.63, 3.8) is 0 Å². The normalized spacial score (nSPS) is 11.3. The first-order valence-corrected chi connectivity index (χ1v) is 5.82. The Kier molecular flexibility index (Phi) is 3.25. The van der Waals surface area contributed by atoms with E-state index in [0.29, 0.717) is 28.6 Å². The third kappa shape index (κ3) is 3.09. The molecule has 6 heteroatoms. The average Bonchev–Trinajstić information content (AvgIpc) is 2.68. The van der Waals surface area contributed by atoms with Gasteiger partial charge in [0.15, 0.2) is 6.29 Å². The number of benzene rings is 1. The van der Waals surface area contributed by atoms with Gasteiger partial charge in [-0.1, -0.05) is 0 Å². The molecule has 0 bridgehead atoms. The predicted octanol–water partition coefficient (Wildman–Crippen LogP) is 2.72. The molecule has 0 fully saturated rings. The standard InChI is InChI=1S/C13H15N3O3/c1-13(2,3)19-12(18)14-8-4-5-9-10(6-8)15-16-11(9)7-17/h4-7H,1-3H3,(H,14,18)(H,15,16). The highest BCUT2D eigenvalue weighted by Gasteiger charge is 2.16. The van der Waals surface area contributed by atoms with E-state index in [-0.39, 0.29) is 0 Å². The molecule has 1 aromatic carbocycles. The Balaban J connectivity index is 2.18. The quantitative estimate of drug-likeness (QED) is 0.814. The fraction of sp³-hybridized carbons (Fsp3) is 0.308. The van der Waals surface area contributed by atoms with Gasteiger partial charge < -0.3 is 4.74 Å². The summed E-state index contributed by atoms with van der Waals surface area (Å²) in [6, 6.07) is 5.08. The molecule has 0 radical (unpaired) electrons. The molecule has 19 heavy (non-hydrogen) atoms. The van der Waals surface area contributed by atoms with Crippen LogP contribution in [0.25, 0.3) is 10.9 Å². The zero-order chi connectivity index (χ0) is 14.0. The van der Waals surface area contributed by atoms with Gasteiger partial charge in [0.2, 0.25) is 0 Å². The number of amides is 1. The van der Waals surface area contributed by atoms with Crippen LogP contribution in [0.1, 0.15) is 31.3 Å². The summed E-state index contributed by atoms with van der Waals surface area (Å²) in [4.78, 5) is 22.3. The minimum absolute atomic E-state index is 0.416. The second-order valence-corrected chi connectivity index (χ2v) is 5.11. The number of hydrogen-bond donors (Lipinski definition) is 2.